The van der Waals surface area contributed by atoms with E-state index >= 15 is 0 Å². The Morgan fingerprint density at radius 2 is 1.92 bits per heavy atom. The Morgan fingerprint density at radius 3 is 2.50 bits per heavy atom. The number of thiazole rings is 1. The van der Waals surface area contributed by atoms with Gasteiger partial charge in [-0.05, 0) is 48.1 Å². The number of carbonyl (C=O) groups is 2. The van der Waals surface area contributed by atoms with Gasteiger partial charge in [-0.25, -0.2) is 13.4 Å². The van der Waals surface area contributed by atoms with Gasteiger partial charge in [0.25, 0.3) is 5.91 Å². The van der Waals surface area contributed by atoms with Gasteiger partial charge in [0.2, 0.25) is 0 Å². The van der Waals surface area contributed by atoms with Crippen LogP contribution in [-0.4, -0.2) is 45.3 Å². The number of halogens is 1. The zero-order valence-corrected chi connectivity index (χ0v) is 22.0. The molecule has 192 valence electrons. The van der Waals surface area contributed by atoms with Gasteiger partial charge in [0.15, 0.2) is 15.0 Å². The maximum absolute atomic E-state index is 13.2. The molecule has 1 atom stereocenters. The van der Waals surface area contributed by atoms with Crippen molar-refractivity contribution in [3.63, 3.8) is 0 Å². The van der Waals surface area contributed by atoms with Gasteiger partial charge in [-0.3, -0.25) is 14.9 Å². The highest BCUT2D eigenvalue weighted by Gasteiger charge is 2.36. The van der Waals surface area contributed by atoms with E-state index in [0.29, 0.717) is 18.4 Å². The van der Waals surface area contributed by atoms with Gasteiger partial charge in [-0.1, -0.05) is 48.9 Å². The molecule has 12 heteroatoms. The quantitative estimate of drug-likeness (QED) is 0.344. The molecular weight excluding hydrogens is 526 g/mol. The van der Waals surface area contributed by atoms with Crippen molar-refractivity contribution in [1.82, 2.24) is 9.55 Å². The summed E-state index contributed by atoms with van der Waals surface area (Å²) in [5, 5.41) is 22.1. The van der Waals surface area contributed by atoms with Crippen LogP contribution < -0.4 is 5.32 Å². The highest BCUT2D eigenvalue weighted by molar-refractivity contribution is 7.92. The summed E-state index contributed by atoms with van der Waals surface area (Å²) in [5.74, 6) is -1.67. The molecule has 1 amide bonds. The molecule has 1 aromatic carbocycles. The number of nitrogens with zero attached hydrogens (tertiary/aromatic N) is 2. The maximum Gasteiger partial charge on any atom is 0.309 e. The predicted molar refractivity (Wildman–Crippen MR) is 136 cm³/mol. The number of aliphatic carboxylic acids is 1. The summed E-state index contributed by atoms with van der Waals surface area (Å²) < 4.78 is 26.8. The fourth-order valence-corrected chi connectivity index (χ4v) is 6.44. The number of rotatable bonds is 10. The third-order valence-electron chi connectivity index (χ3n) is 5.88. The number of carboxylic acid groups (broad SMARTS) is 1. The minimum Gasteiger partial charge on any atom is -0.481 e. The average molecular weight is 552 g/mol. The van der Waals surface area contributed by atoms with Crippen molar-refractivity contribution in [2.45, 2.75) is 55.9 Å². The molecule has 4 rings (SSSR count). The molecule has 9 nitrogen and oxygen atoms in total. The van der Waals surface area contributed by atoms with Crippen molar-refractivity contribution in [3.05, 3.63) is 63.4 Å². The van der Waals surface area contributed by atoms with Crippen molar-refractivity contribution < 1.29 is 28.2 Å². The molecule has 3 N–H and O–H groups in total. The molecule has 0 spiro atoms. The molecule has 0 radical (unpaired) electrons. The highest BCUT2D eigenvalue weighted by Crippen LogP contribution is 2.34. The standard InChI is InChI=1S/C24H26ClN3O6S2/c1-13(2)21(31)15-9-19(23(32)27-24-26-18(10-20(29)30)22(25)35-24)28(12-15)11-14-3-5-16(6-4-14)36(33,34)17-7-8-17/h3-6,9,12-13,17,21,31H,7-8,10-11H2,1-2H3,(H,29,30)(H,26,27,32). The van der Waals surface area contributed by atoms with E-state index in [1.54, 1.807) is 41.1 Å². The number of anilines is 1. The Balaban J connectivity index is 1.59. The normalized spacial score (nSPS) is 14.7. The molecule has 0 bridgehead atoms. The van der Waals surface area contributed by atoms with Crippen LogP contribution in [0.2, 0.25) is 4.34 Å². The summed E-state index contributed by atoms with van der Waals surface area (Å²) >= 11 is 7.03. The topological polar surface area (TPSA) is 139 Å². The second-order valence-corrected chi connectivity index (χ2v) is 13.0. The molecule has 36 heavy (non-hydrogen) atoms. The lowest BCUT2D eigenvalue weighted by atomic mass is 10.0. The van der Waals surface area contributed by atoms with E-state index < -0.39 is 27.8 Å². The SMILES string of the molecule is CC(C)C(O)c1cc(C(=O)Nc2nc(CC(=O)O)c(Cl)s2)n(Cc2ccc(S(=O)(=O)C3CC3)cc2)c1. The summed E-state index contributed by atoms with van der Waals surface area (Å²) in [5.41, 5.74) is 1.76. The summed E-state index contributed by atoms with van der Waals surface area (Å²) in [6.45, 7) is 3.99. The molecule has 2 aromatic heterocycles. The average Bonchev–Trinajstić information content (AvgIpc) is 3.52. The number of carbonyl (C=O) groups excluding carboxylic acids is 1. The Labute approximate surface area is 217 Å². The fraction of sp³-hybridized carbons (Fsp3) is 0.375. The maximum atomic E-state index is 13.2. The van der Waals surface area contributed by atoms with Crippen molar-refractivity contribution in [3.8, 4) is 0 Å². The first kappa shape index (κ1) is 26.3. The first-order valence-corrected chi connectivity index (χ1v) is 14.1. The highest BCUT2D eigenvalue weighted by atomic mass is 35.5. The van der Waals surface area contributed by atoms with Gasteiger partial charge in [0, 0.05) is 12.7 Å². The molecule has 2 heterocycles. The minimum atomic E-state index is -3.29. The fourth-order valence-electron chi connectivity index (χ4n) is 3.75. The number of amides is 1. The van der Waals surface area contributed by atoms with Crippen LogP contribution in [0.1, 0.15) is 60.1 Å². The molecule has 1 aliphatic rings. The van der Waals surface area contributed by atoms with Gasteiger partial charge in [-0.2, -0.15) is 0 Å². The van der Waals surface area contributed by atoms with E-state index in [1.807, 2.05) is 13.8 Å². The predicted octanol–water partition coefficient (Wildman–Crippen LogP) is 4.15. The lowest BCUT2D eigenvalue weighted by molar-refractivity contribution is -0.136. The first-order valence-electron chi connectivity index (χ1n) is 11.3. The molecule has 1 fully saturated rings. The molecule has 3 aromatic rings. The molecule has 1 aliphatic carbocycles. The van der Waals surface area contributed by atoms with Crippen LogP contribution in [0.15, 0.2) is 41.4 Å². The van der Waals surface area contributed by atoms with E-state index in [1.165, 1.54) is 0 Å². The van der Waals surface area contributed by atoms with Gasteiger partial charge in [0.1, 0.15) is 10.0 Å². The summed E-state index contributed by atoms with van der Waals surface area (Å²) in [7, 11) is -3.29. The second-order valence-electron chi connectivity index (χ2n) is 9.13. The first-order chi connectivity index (χ1) is 17.0. The zero-order valence-electron chi connectivity index (χ0n) is 19.6. The van der Waals surface area contributed by atoms with Gasteiger partial charge in [0.05, 0.1) is 28.4 Å². The van der Waals surface area contributed by atoms with Gasteiger partial charge in [-0.15, -0.1) is 0 Å². The summed E-state index contributed by atoms with van der Waals surface area (Å²) in [4.78, 5) is 28.5. The number of aromatic nitrogens is 2. The van der Waals surface area contributed by atoms with Crippen LogP contribution in [0.3, 0.4) is 0 Å². The number of nitrogens with one attached hydrogen (secondary N) is 1. The summed E-state index contributed by atoms with van der Waals surface area (Å²) in [6.07, 6.45) is 1.92. The number of sulfone groups is 1. The van der Waals surface area contributed by atoms with Crippen LogP contribution in [-0.2, 0) is 27.6 Å². The zero-order chi connectivity index (χ0) is 26.2. The van der Waals surface area contributed by atoms with Gasteiger partial charge >= 0.3 is 5.97 Å². The molecular formula is C24H26ClN3O6S2. The number of hydrogen-bond acceptors (Lipinski definition) is 7. The molecule has 1 saturated carbocycles. The molecule has 0 saturated heterocycles. The lowest BCUT2D eigenvalue weighted by Crippen LogP contribution is -2.17. The van der Waals surface area contributed by atoms with Crippen LogP contribution in [0.5, 0.6) is 0 Å². The second kappa shape index (κ2) is 10.3. The number of hydrogen-bond donors (Lipinski definition) is 3. The third kappa shape index (κ3) is 5.80. The van der Waals surface area contributed by atoms with Crippen molar-refractivity contribution >= 4 is 49.8 Å². The third-order valence-corrected chi connectivity index (χ3v) is 9.41. The number of aliphatic hydroxyl groups excluding tert-OH is 1. The number of carboxylic acids is 1. The largest absolute Gasteiger partial charge is 0.481 e. The van der Waals surface area contributed by atoms with E-state index in [-0.39, 0.29) is 49.9 Å². The van der Waals surface area contributed by atoms with Crippen LogP contribution in [0, 0.1) is 5.92 Å². The monoisotopic (exact) mass is 551 g/mol. The number of benzene rings is 1. The number of aliphatic hydroxyl groups is 1. The minimum absolute atomic E-state index is 0.0833. The van der Waals surface area contributed by atoms with Crippen molar-refractivity contribution in [2.75, 3.05) is 5.32 Å². The Hall–Kier alpha value is -2.73. The van der Waals surface area contributed by atoms with E-state index in [2.05, 4.69) is 10.3 Å². The summed E-state index contributed by atoms with van der Waals surface area (Å²) in [6, 6.07) is 8.19. The Bertz CT molecular complexity index is 1390. The van der Waals surface area contributed by atoms with Crippen molar-refractivity contribution in [2.24, 2.45) is 5.92 Å². The van der Waals surface area contributed by atoms with Crippen LogP contribution >= 0.6 is 22.9 Å². The smallest absolute Gasteiger partial charge is 0.309 e. The van der Waals surface area contributed by atoms with E-state index in [4.69, 9.17) is 16.7 Å². The van der Waals surface area contributed by atoms with E-state index in [9.17, 15) is 23.1 Å². The van der Waals surface area contributed by atoms with Crippen LogP contribution in [0.25, 0.3) is 0 Å². The molecule has 1 unspecified atom stereocenters. The Morgan fingerprint density at radius 1 is 1.25 bits per heavy atom. The van der Waals surface area contributed by atoms with Crippen molar-refractivity contribution in [1.29, 1.82) is 0 Å². The molecule has 0 aliphatic heterocycles. The van der Waals surface area contributed by atoms with Gasteiger partial charge < -0.3 is 14.8 Å². The Kier molecular flexibility index (Phi) is 7.56. The van der Waals surface area contributed by atoms with Crippen LogP contribution in [0.4, 0.5) is 5.13 Å². The lowest BCUT2D eigenvalue weighted by Gasteiger charge is -2.12. The van der Waals surface area contributed by atoms with E-state index in [0.717, 1.165) is 16.9 Å².